The zero-order valence-corrected chi connectivity index (χ0v) is 16.5. The van der Waals surface area contributed by atoms with E-state index in [1.807, 2.05) is 91.0 Å². The van der Waals surface area contributed by atoms with Gasteiger partial charge in [0, 0.05) is 18.0 Å². The SMILES string of the molecule is O=C(Nc1ccccc1-c1ccccc1)N(Cc1ccccn1)Cc1ccccn1. The molecule has 0 atom stereocenters. The number of carbonyl (C=O) groups is 1. The first-order valence-electron chi connectivity index (χ1n) is 9.80. The molecule has 2 aromatic heterocycles. The molecule has 0 spiro atoms. The number of para-hydroxylation sites is 1. The summed E-state index contributed by atoms with van der Waals surface area (Å²) in [5.74, 6) is 0. The lowest BCUT2D eigenvalue weighted by Gasteiger charge is -2.23. The molecule has 0 radical (unpaired) electrons. The predicted molar refractivity (Wildman–Crippen MR) is 119 cm³/mol. The van der Waals surface area contributed by atoms with Crippen molar-refractivity contribution in [2.24, 2.45) is 0 Å². The van der Waals surface area contributed by atoms with Crippen molar-refractivity contribution in [2.75, 3.05) is 5.32 Å². The van der Waals surface area contributed by atoms with Gasteiger partial charge in [0.1, 0.15) is 0 Å². The van der Waals surface area contributed by atoms with Gasteiger partial charge in [0.15, 0.2) is 0 Å². The van der Waals surface area contributed by atoms with E-state index >= 15 is 0 Å². The highest BCUT2D eigenvalue weighted by molar-refractivity contribution is 5.94. The molecule has 148 valence electrons. The number of hydrogen-bond acceptors (Lipinski definition) is 3. The molecule has 0 saturated heterocycles. The van der Waals surface area contributed by atoms with E-state index in [9.17, 15) is 4.79 Å². The molecular formula is C25H22N4O. The van der Waals surface area contributed by atoms with Gasteiger partial charge in [-0.05, 0) is 35.9 Å². The number of rotatable bonds is 6. The smallest absolute Gasteiger partial charge is 0.313 e. The summed E-state index contributed by atoms with van der Waals surface area (Å²) >= 11 is 0. The molecule has 4 aromatic rings. The van der Waals surface area contributed by atoms with E-state index in [0.29, 0.717) is 13.1 Å². The maximum Gasteiger partial charge on any atom is 0.322 e. The standard InChI is InChI=1S/C25H22N4O/c30-25(28-24-15-5-4-14-23(24)20-10-2-1-3-11-20)29(18-21-12-6-8-16-26-21)19-22-13-7-9-17-27-22/h1-17H,18-19H2,(H,28,30). The van der Waals surface area contributed by atoms with Gasteiger partial charge in [-0.25, -0.2) is 4.79 Å². The summed E-state index contributed by atoms with van der Waals surface area (Å²) in [6.45, 7) is 0.771. The molecule has 1 N–H and O–H groups in total. The van der Waals surface area contributed by atoms with Gasteiger partial charge in [-0.1, -0.05) is 60.7 Å². The Morgan fingerprint density at radius 1 is 0.700 bits per heavy atom. The van der Waals surface area contributed by atoms with Gasteiger partial charge in [-0.15, -0.1) is 0 Å². The number of anilines is 1. The van der Waals surface area contributed by atoms with E-state index in [2.05, 4.69) is 15.3 Å². The van der Waals surface area contributed by atoms with Crippen LogP contribution in [0.15, 0.2) is 103 Å². The third-order valence-corrected chi connectivity index (χ3v) is 4.70. The van der Waals surface area contributed by atoms with Crippen LogP contribution in [0.2, 0.25) is 0 Å². The van der Waals surface area contributed by atoms with Crippen LogP contribution in [-0.2, 0) is 13.1 Å². The van der Waals surface area contributed by atoms with Gasteiger partial charge in [-0.2, -0.15) is 0 Å². The fraction of sp³-hybridized carbons (Fsp3) is 0.0800. The molecule has 4 rings (SSSR count). The summed E-state index contributed by atoms with van der Waals surface area (Å²) < 4.78 is 0. The molecule has 2 aromatic carbocycles. The number of nitrogens with zero attached hydrogens (tertiary/aromatic N) is 3. The largest absolute Gasteiger partial charge is 0.322 e. The molecule has 0 aliphatic rings. The number of aromatic nitrogens is 2. The third-order valence-electron chi connectivity index (χ3n) is 4.70. The molecule has 0 bridgehead atoms. The third kappa shape index (κ3) is 4.89. The van der Waals surface area contributed by atoms with Crippen molar-refractivity contribution in [3.05, 3.63) is 115 Å². The van der Waals surface area contributed by atoms with Gasteiger partial charge in [0.05, 0.1) is 30.2 Å². The summed E-state index contributed by atoms with van der Waals surface area (Å²) in [4.78, 5) is 23.7. The minimum atomic E-state index is -0.199. The zero-order chi connectivity index (χ0) is 20.6. The molecular weight excluding hydrogens is 372 g/mol. The van der Waals surface area contributed by atoms with Crippen LogP contribution in [0, 0.1) is 0 Å². The van der Waals surface area contributed by atoms with E-state index in [1.165, 1.54) is 0 Å². The van der Waals surface area contributed by atoms with Crippen LogP contribution in [0.3, 0.4) is 0 Å². The molecule has 30 heavy (non-hydrogen) atoms. The number of benzene rings is 2. The van der Waals surface area contributed by atoms with Crippen LogP contribution in [0.5, 0.6) is 0 Å². The molecule has 0 aliphatic heterocycles. The second-order valence-corrected chi connectivity index (χ2v) is 6.84. The lowest BCUT2D eigenvalue weighted by Crippen LogP contribution is -2.34. The number of amides is 2. The van der Waals surface area contributed by atoms with Crippen LogP contribution >= 0.6 is 0 Å². The first-order chi connectivity index (χ1) is 14.8. The average Bonchev–Trinajstić information content (AvgIpc) is 2.81. The van der Waals surface area contributed by atoms with E-state index in [-0.39, 0.29) is 6.03 Å². The topological polar surface area (TPSA) is 58.1 Å². The highest BCUT2D eigenvalue weighted by Gasteiger charge is 2.17. The highest BCUT2D eigenvalue weighted by Crippen LogP contribution is 2.28. The van der Waals surface area contributed by atoms with Crippen molar-refractivity contribution in [3.63, 3.8) is 0 Å². The van der Waals surface area contributed by atoms with Crippen molar-refractivity contribution in [3.8, 4) is 11.1 Å². The monoisotopic (exact) mass is 394 g/mol. The molecule has 0 fully saturated rings. The number of nitrogens with one attached hydrogen (secondary N) is 1. The van der Waals surface area contributed by atoms with E-state index in [0.717, 1.165) is 28.2 Å². The van der Waals surface area contributed by atoms with Crippen molar-refractivity contribution in [1.82, 2.24) is 14.9 Å². The minimum absolute atomic E-state index is 0.199. The predicted octanol–water partition coefficient (Wildman–Crippen LogP) is 5.38. The van der Waals surface area contributed by atoms with Crippen LogP contribution in [0.4, 0.5) is 10.5 Å². The van der Waals surface area contributed by atoms with E-state index < -0.39 is 0 Å². The van der Waals surface area contributed by atoms with Crippen molar-refractivity contribution >= 4 is 11.7 Å². The molecule has 5 nitrogen and oxygen atoms in total. The van der Waals surface area contributed by atoms with Crippen LogP contribution in [0.25, 0.3) is 11.1 Å². The molecule has 2 heterocycles. The first-order valence-corrected chi connectivity index (χ1v) is 9.80. The Bertz CT molecular complexity index is 1040. The summed E-state index contributed by atoms with van der Waals surface area (Å²) in [5.41, 5.74) is 4.43. The average molecular weight is 394 g/mol. The summed E-state index contributed by atoms with van der Waals surface area (Å²) in [6.07, 6.45) is 3.47. The summed E-state index contributed by atoms with van der Waals surface area (Å²) in [5, 5.41) is 3.08. The lowest BCUT2D eigenvalue weighted by atomic mass is 10.0. The number of hydrogen-bond donors (Lipinski definition) is 1. The quantitative estimate of drug-likeness (QED) is 0.478. The highest BCUT2D eigenvalue weighted by atomic mass is 16.2. The maximum atomic E-state index is 13.3. The maximum absolute atomic E-state index is 13.3. The van der Waals surface area contributed by atoms with Gasteiger partial charge < -0.3 is 10.2 Å². The van der Waals surface area contributed by atoms with Crippen LogP contribution in [0.1, 0.15) is 11.4 Å². The minimum Gasteiger partial charge on any atom is -0.313 e. The Labute approximate surface area is 176 Å². The van der Waals surface area contributed by atoms with Gasteiger partial charge in [0.25, 0.3) is 0 Å². The van der Waals surface area contributed by atoms with Crippen molar-refractivity contribution in [1.29, 1.82) is 0 Å². The summed E-state index contributed by atoms with van der Waals surface area (Å²) in [7, 11) is 0. The van der Waals surface area contributed by atoms with Crippen molar-refractivity contribution in [2.45, 2.75) is 13.1 Å². The number of carbonyl (C=O) groups excluding carboxylic acids is 1. The Morgan fingerprint density at radius 3 is 1.87 bits per heavy atom. The van der Waals surface area contributed by atoms with Crippen molar-refractivity contribution < 1.29 is 4.79 Å². The Balaban J connectivity index is 1.59. The number of pyridine rings is 2. The normalized spacial score (nSPS) is 10.4. The second kappa shape index (κ2) is 9.47. The first kappa shape index (κ1) is 19.3. The van der Waals surface area contributed by atoms with Gasteiger partial charge >= 0.3 is 6.03 Å². The van der Waals surface area contributed by atoms with E-state index in [1.54, 1.807) is 17.3 Å². The second-order valence-electron chi connectivity index (χ2n) is 6.84. The molecule has 0 unspecified atom stereocenters. The summed E-state index contributed by atoms with van der Waals surface area (Å²) in [6, 6.07) is 29.0. The van der Waals surface area contributed by atoms with E-state index in [4.69, 9.17) is 0 Å². The van der Waals surface area contributed by atoms with Crippen LogP contribution in [-0.4, -0.2) is 20.9 Å². The molecule has 5 heteroatoms. The van der Waals surface area contributed by atoms with Crippen LogP contribution < -0.4 is 5.32 Å². The Morgan fingerprint density at radius 2 is 1.27 bits per heavy atom. The number of urea groups is 1. The fourth-order valence-electron chi connectivity index (χ4n) is 3.23. The Kier molecular flexibility index (Phi) is 6.11. The molecule has 0 saturated carbocycles. The fourth-order valence-corrected chi connectivity index (χ4v) is 3.23. The van der Waals surface area contributed by atoms with Gasteiger partial charge in [0.2, 0.25) is 0 Å². The zero-order valence-electron chi connectivity index (χ0n) is 16.5. The lowest BCUT2D eigenvalue weighted by molar-refractivity contribution is 0.205. The molecule has 0 aliphatic carbocycles. The van der Waals surface area contributed by atoms with Gasteiger partial charge in [-0.3, -0.25) is 9.97 Å². The Hall–Kier alpha value is -3.99. The molecule has 2 amide bonds.